The largest absolute Gasteiger partial charge is 0.496 e. The van der Waals surface area contributed by atoms with E-state index in [1.54, 1.807) is 14.2 Å². The Hall–Kier alpha value is -2.16. The summed E-state index contributed by atoms with van der Waals surface area (Å²) in [4.78, 5) is 0. The van der Waals surface area contributed by atoms with Crippen LogP contribution in [0.15, 0.2) is 48.5 Å². The van der Waals surface area contributed by atoms with Crippen LogP contribution < -0.4 is 14.8 Å². The molecule has 0 heterocycles. The highest BCUT2D eigenvalue weighted by Crippen LogP contribution is 2.28. The number of methoxy groups -OCH3 is 2. The van der Waals surface area contributed by atoms with Gasteiger partial charge in [-0.1, -0.05) is 24.3 Å². The van der Waals surface area contributed by atoms with Crippen LogP contribution in [0, 0.1) is 0 Å². The van der Waals surface area contributed by atoms with Gasteiger partial charge in [0.15, 0.2) is 0 Å². The molecule has 0 fully saturated rings. The topological polar surface area (TPSA) is 30.5 Å². The van der Waals surface area contributed by atoms with Crippen LogP contribution in [0.25, 0.3) is 0 Å². The zero-order valence-corrected chi connectivity index (χ0v) is 10.6. The summed E-state index contributed by atoms with van der Waals surface area (Å²) in [5.41, 5.74) is 2.09. The van der Waals surface area contributed by atoms with Crippen molar-refractivity contribution in [1.29, 1.82) is 0 Å². The van der Waals surface area contributed by atoms with Crippen LogP contribution in [0.3, 0.4) is 0 Å². The normalized spacial score (nSPS) is 9.89. The van der Waals surface area contributed by atoms with Crippen LogP contribution in [0.4, 0.5) is 5.69 Å². The van der Waals surface area contributed by atoms with Gasteiger partial charge in [-0.2, -0.15) is 0 Å². The number of anilines is 1. The summed E-state index contributed by atoms with van der Waals surface area (Å²) < 4.78 is 10.7. The van der Waals surface area contributed by atoms with Crippen molar-refractivity contribution in [2.45, 2.75) is 6.54 Å². The smallest absolute Gasteiger partial charge is 0.127 e. The number of nitrogens with one attached hydrogen (secondary N) is 1. The molecule has 0 spiro atoms. The SMILES string of the molecule is COc1cccc(OC)c1CNc1ccccc1. The van der Waals surface area contributed by atoms with Gasteiger partial charge < -0.3 is 14.8 Å². The molecule has 1 N–H and O–H groups in total. The fourth-order valence-electron chi connectivity index (χ4n) is 1.85. The lowest BCUT2D eigenvalue weighted by Gasteiger charge is -2.14. The van der Waals surface area contributed by atoms with Crippen LogP contribution in [-0.2, 0) is 6.54 Å². The molecule has 0 aliphatic heterocycles. The van der Waals surface area contributed by atoms with Gasteiger partial charge in [0.05, 0.1) is 19.8 Å². The van der Waals surface area contributed by atoms with E-state index < -0.39 is 0 Å². The first-order valence-corrected chi connectivity index (χ1v) is 5.84. The first kappa shape index (κ1) is 12.3. The van der Waals surface area contributed by atoms with Crippen molar-refractivity contribution in [3.05, 3.63) is 54.1 Å². The van der Waals surface area contributed by atoms with Gasteiger partial charge in [0, 0.05) is 12.2 Å². The van der Waals surface area contributed by atoms with Crippen molar-refractivity contribution in [1.82, 2.24) is 0 Å². The molecule has 0 aliphatic carbocycles. The fourth-order valence-corrected chi connectivity index (χ4v) is 1.85. The van der Waals surface area contributed by atoms with Crippen molar-refractivity contribution in [2.24, 2.45) is 0 Å². The van der Waals surface area contributed by atoms with Gasteiger partial charge in [0.2, 0.25) is 0 Å². The minimum absolute atomic E-state index is 0.664. The standard InChI is InChI=1S/C15H17NO2/c1-17-14-9-6-10-15(18-2)13(14)11-16-12-7-4-3-5-8-12/h3-10,16H,11H2,1-2H3. The molecule has 0 atom stereocenters. The van der Waals surface area contributed by atoms with E-state index in [-0.39, 0.29) is 0 Å². The summed E-state index contributed by atoms with van der Waals surface area (Å²) in [7, 11) is 3.33. The van der Waals surface area contributed by atoms with Gasteiger partial charge in [0.25, 0.3) is 0 Å². The van der Waals surface area contributed by atoms with E-state index in [2.05, 4.69) is 5.32 Å². The molecule has 2 aromatic carbocycles. The van der Waals surface area contributed by atoms with E-state index in [0.717, 1.165) is 22.7 Å². The van der Waals surface area contributed by atoms with E-state index in [1.165, 1.54) is 0 Å². The van der Waals surface area contributed by atoms with E-state index in [0.29, 0.717) is 6.54 Å². The molecule has 0 bridgehead atoms. The zero-order chi connectivity index (χ0) is 12.8. The van der Waals surface area contributed by atoms with Crippen molar-refractivity contribution in [2.75, 3.05) is 19.5 Å². The minimum Gasteiger partial charge on any atom is -0.496 e. The van der Waals surface area contributed by atoms with Crippen molar-refractivity contribution >= 4 is 5.69 Å². The maximum atomic E-state index is 5.36. The highest BCUT2D eigenvalue weighted by Gasteiger charge is 2.08. The first-order valence-electron chi connectivity index (χ1n) is 5.84. The average molecular weight is 243 g/mol. The number of para-hydroxylation sites is 1. The maximum absolute atomic E-state index is 5.36. The summed E-state index contributed by atoms with van der Waals surface area (Å²) in [5, 5.41) is 3.35. The lowest BCUT2D eigenvalue weighted by molar-refractivity contribution is 0.386. The third-order valence-electron chi connectivity index (χ3n) is 2.77. The van der Waals surface area contributed by atoms with Gasteiger partial charge in [-0.25, -0.2) is 0 Å². The summed E-state index contributed by atoms with van der Waals surface area (Å²) in [6.45, 7) is 0.664. The van der Waals surface area contributed by atoms with Gasteiger partial charge >= 0.3 is 0 Å². The molecule has 0 amide bonds. The predicted molar refractivity (Wildman–Crippen MR) is 73.3 cm³/mol. The summed E-state index contributed by atoms with van der Waals surface area (Å²) in [6, 6.07) is 15.8. The fraction of sp³-hybridized carbons (Fsp3) is 0.200. The van der Waals surface area contributed by atoms with Crippen LogP contribution in [0.2, 0.25) is 0 Å². The molecular weight excluding hydrogens is 226 g/mol. The molecule has 0 unspecified atom stereocenters. The maximum Gasteiger partial charge on any atom is 0.127 e. The second kappa shape index (κ2) is 5.96. The third kappa shape index (κ3) is 2.74. The highest BCUT2D eigenvalue weighted by molar-refractivity contribution is 5.49. The molecule has 94 valence electrons. The van der Waals surface area contributed by atoms with E-state index >= 15 is 0 Å². The second-order valence-electron chi connectivity index (χ2n) is 3.86. The average Bonchev–Trinajstić information content (AvgIpc) is 2.45. The quantitative estimate of drug-likeness (QED) is 0.873. The van der Waals surface area contributed by atoms with Crippen LogP contribution in [0.1, 0.15) is 5.56 Å². The molecule has 0 saturated carbocycles. The summed E-state index contributed by atoms with van der Waals surface area (Å²) in [6.07, 6.45) is 0. The molecule has 0 aromatic heterocycles. The Labute approximate surface area is 107 Å². The highest BCUT2D eigenvalue weighted by atomic mass is 16.5. The molecule has 3 heteroatoms. The van der Waals surface area contributed by atoms with Gasteiger partial charge in [-0.05, 0) is 24.3 Å². The zero-order valence-electron chi connectivity index (χ0n) is 10.6. The number of hydrogen-bond acceptors (Lipinski definition) is 3. The molecule has 2 aromatic rings. The molecule has 18 heavy (non-hydrogen) atoms. The van der Waals surface area contributed by atoms with E-state index in [4.69, 9.17) is 9.47 Å². The Balaban J connectivity index is 2.17. The minimum atomic E-state index is 0.664. The number of ether oxygens (including phenoxy) is 2. The van der Waals surface area contributed by atoms with Gasteiger partial charge in [-0.15, -0.1) is 0 Å². The van der Waals surface area contributed by atoms with Crippen LogP contribution in [-0.4, -0.2) is 14.2 Å². The van der Waals surface area contributed by atoms with Gasteiger partial charge in [-0.3, -0.25) is 0 Å². The molecule has 0 radical (unpaired) electrons. The molecule has 3 nitrogen and oxygen atoms in total. The second-order valence-corrected chi connectivity index (χ2v) is 3.86. The Morgan fingerprint density at radius 2 is 1.44 bits per heavy atom. The molecule has 0 aliphatic rings. The third-order valence-corrected chi connectivity index (χ3v) is 2.77. The number of benzene rings is 2. The lowest BCUT2D eigenvalue weighted by atomic mass is 10.1. The van der Waals surface area contributed by atoms with E-state index in [9.17, 15) is 0 Å². The summed E-state index contributed by atoms with van der Waals surface area (Å²) >= 11 is 0. The van der Waals surface area contributed by atoms with Gasteiger partial charge in [0.1, 0.15) is 11.5 Å². The summed E-state index contributed by atoms with van der Waals surface area (Å²) in [5.74, 6) is 1.66. The van der Waals surface area contributed by atoms with Crippen molar-refractivity contribution in [3.63, 3.8) is 0 Å². The Kier molecular flexibility index (Phi) is 4.07. The Bertz CT molecular complexity index is 475. The van der Waals surface area contributed by atoms with Crippen LogP contribution >= 0.6 is 0 Å². The predicted octanol–water partition coefficient (Wildman–Crippen LogP) is 3.32. The number of rotatable bonds is 5. The lowest BCUT2D eigenvalue weighted by Crippen LogP contribution is -2.03. The molecule has 2 rings (SSSR count). The van der Waals surface area contributed by atoms with E-state index in [1.807, 2.05) is 48.5 Å². The van der Waals surface area contributed by atoms with Crippen molar-refractivity contribution in [3.8, 4) is 11.5 Å². The van der Waals surface area contributed by atoms with Crippen LogP contribution in [0.5, 0.6) is 11.5 Å². The van der Waals surface area contributed by atoms with Crippen molar-refractivity contribution < 1.29 is 9.47 Å². The Morgan fingerprint density at radius 1 is 0.833 bits per heavy atom. The Morgan fingerprint density at radius 3 is 2.00 bits per heavy atom. The number of hydrogen-bond donors (Lipinski definition) is 1. The molecule has 0 saturated heterocycles. The first-order chi connectivity index (χ1) is 8.85. The molecular formula is C15H17NO2. The monoisotopic (exact) mass is 243 g/mol.